The van der Waals surface area contributed by atoms with Crippen LogP contribution in [0.25, 0.3) is 0 Å². The Labute approximate surface area is 96.1 Å². The fourth-order valence-corrected chi connectivity index (χ4v) is 1.22. The highest BCUT2D eigenvalue weighted by molar-refractivity contribution is 5.85. The summed E-state index contributed by atoms with van der Waals surface area (Å²) in [6.45, 7) is 7.89. The standard InChI is InChI=1S/C10H17NO3.ClH/c1-9(2)5-7(14-6-9)11-10(3,4)8(12)13;/h5-6H2,1-4H3,(H,12,13);1H. The van der Waals surface area contributed by atoms with Crippen LogP contribution < -0.4 is 0 Å². The predicted octanol–water partition coefficient (Wildman–Crippen LogP) is 2.12. The number of halogens is 1. The van der Waals surface area contributed by atoms with E-state index in [4.69, 9.17) is 9.84 Å². The molecule has 1 heterocycles. The number of nitrogens with zero attached hydrogens (tertiary/aromatic N) is 1. The first-order valence-corrected chi connectivity index (χ1v) is 4.68. The fourth-order valence-electron chi connectivity index (χ4n) is 1.22. The van der Waals surface area contributed by atoms with Gasteiger partial charge in [0.1, 0.15) is 0 Å². The first kappa shape index (κ1) is 14.2. The van der Waals surface area contributed by atoms with Crippen molar-refractivity contribution in [1.82, 2.24) is 0 Å². The van der Waals surface area contributed by atoms with Gasteiger partial charge in [-0.05, 0) is 13.8 Å². The summed E-state index contributed by atoms with van der Waals surface area (Å²) in [5, 5.41) is 8.87. The van der Waals surface area contributed by atoms with Crippen molar-refractivity contribution in [3.63, 3.8) is 0 Å². The largest absolute Gasteiger partial charge is 0.480 e. The highest BCUT2D eigenvalue weighted by Gasteiger charge is 2.33. The van der Waals surface area contributed by atoms with Gasteiger partial charge in [0.15, 0.2) is 11.4 Å². The molecule has 0 aromatic carbocycles. The lowest BCUT2D eigenvalue weighted by atomic mass is 9.93. The zero-order chi connectivity index (χ0) is 11.0. The van der Waals surface area contributed by atoms with Crippen LogP contribution >= 0.6 is 12.4 Å². The maximum Gasteiger partial charge on any atom is 0.331 e. The molecule has 5 heteroatoms. The summed E-state index contributed by atoms with van der Waals surface area (Å²) < 4.78 is 5.34. The van der Waals surface area contributed by atoms with Crippen molar-refractivity contribution >= 4 is 24.3 Å². The Balaban J connectivity index is 0.00000196. The van der Waals surface area contributed by atoms with Crippen LogP contribution in [0.5, 0.6) is 0 Å². The number of carbonyl (C=O) groups is 1. The van der Waals surface area contributed by atoms with Crippen LogP contribution in [0.15, 0.2) is 4.99 Å². The van der Waals surface area contributed by atoms with E-state index in [1.165, 1.54) is 0 Å². The molecule has 1 fully saturated rings. The van der Waals surface area contributed by atoms with Gasteiger partial charge in [0.2, 0.25) is 0 Å². The molecule has 0 spiro atoms. The van der Waals surface area contributed by atoms with Crippen molar-refractivity contribution < 1.29 is 14.6 Å². The van der Waals surface area contributed by atoms with Crippen molar-refractivity contribution in [2.45, 2.75) is 39.7 Å². The van der Waals surface area contributed by atoms with E-state index in [2.05, 4.69) is 18.8 Å². The molecule has 4 nitrogen and oxygen atoms in total. The minimum absolute atomic E-state index is 0. The van der Waals surface area contributed by atoms with Gasteiger partial charge >= 0.3 is 5.97 Å². The third-order valence-corrected chi connectivity index (χ3v) is 2.19. The van der Waals surface area contributed by atoms with Crippen molar-refractivity contribution in [2.75, 3.05) is 6.61 Å². The van der Waals surface area contributed by atoms with E-state index in [0.29, 0.717) is 18.9 Å². The van der Waals surface area contributed by atoms with Gasteiger partial charge in [0, 0.05) is 11.8 Å². The highest BCUT2D eigenvalue weighted by Crippen LogP contribution is 2.29. The van der Waals surface area contributed by atoms with Crippen LogP contribution in [0, 0.1) is 5.41 Å². The lowest BCUT2D eigenvalue weighted by Gasteiger charge is -2.14. The molecule has 1 rings (SSSR count). The normalized spacial score (nSPS) is 22.0. The number of carboxylic acid groups (broad SMARTS) is 1. The van der Waals surface area contributed by atoms with Crippen LogP contribution in [0.3, 0.4) is 0 Å². The summed E-state index contributed by atoms with van der Waals surface area (Å²) in [6.07, 6.45) is 0.712. The molecule has 0 bridgehead atoms. The second-order valence-electron chi connectivity index (χ2n) is 5.00. The highest BCUT2D eigenvalue weighted by atomic mass is 35.5. The molecule has 0 aliphatic carbocycles. The van der Waals surface area contributed by atoms with Gasteiger partial charge < -0.3 is 9.84 Å². The summed E-state index contributed by atoms with van der Waals surface area (Å²) in [4.78, 5) is 14.9. The minimum atomic E-state index is -1.09. The second-order valence-corrected chi connectivity index (χ2v) is 5.00. The lowest BCUT2D eigenvalue weighted by Crippen LogP contribution is -2.30. The molecule has 0 aromatic rings. The van der Waals surface area contributed by atoms with Gasteiger partial charge in [-0.25, -0.2) is 9.79 Å². The molecule has 1 aliphatic rings. The van der Waals surface area contributed by atoms with Gasteiger partial charge in [-0.3, -0.25) is 0 Å². The Bertz CT molecular complexity index is 284. The average molecular weight is 236 g/mol. The number of hydrogen-bond acceptors (Lipinski definition) is 3. The molecule has 0 saturated carbocycles. The lowest BCUT2D eigenvalue weighted by molar-refractivity contribution is -0.141. The van der Waals surface area contributed by atoms with E-state index in [-0.39, 0.29) is 17.8 Å². The maximum atomic E-state index is 10.8. The molecular weight excluding hydrogens is 218 g/mol. The second kappa shape index (κ2) is 4.39. The van der Waals surface area contributed by atoms with Crippen molar-refractivity contribution in [3.8, 4) is 0 Å². The molecule has 1 aliphatic heterocycles. The molecule has 88 valence electrons. The molecule has 1 N–H and O–H groups in total. The topological polar surface area (TPSA) is 58.9 Å². The van der Waals surface area contributed by atoms with Gasteiger partial charge in [0.05, 0.1) is 6.61 Å². The van der Waals surface area contributed by atoms with E-state index >= 15 is 0 Å². The molecule has 0 aromatic heterocycles. The van der Waals surface area contributed by atoms with E-state index in [9.17, 15) is 4.79 Å². The van der Waals surface area contributed by atoms with Crippen molar-refractivity contribution in [2.24, 2.45) is 10.4 Å². The van der Waals surface area contributed by atoms with E-state index in [1.54, 1.807) is 13.8 Å². The van der Waals surface area contributed by atoms with Gasteiger partial charge in [-0.1, -0.05) is 13.8 Å². The van der Waals surface area contributed by atoms with Crippen LogP contribution in [0.2, 0.25) is 0 Å². The summed E-state index contributed by atoms with van der Waals surface area (Å²) in [7, 11) is 0. The Morgan fingerprint density at radius 3 is 2.40 bits per heavy atom. The summed E-state index contributed by atoms with van der Waals surface area (Å²) >= 11 is 0. The number of ether oxygens (including phenoxy) is 1. The molecule has 15 heavy (non-hydrogen) atoms. The quantitative estimate of drug-likeness (QED) is 0.798. The number of rotatable bonds is 2. The third-order valence-electron chi connectivity index (χ3n) is 2.19. The number of aliphatic imine (C=N–C) groups is 1. The SMILES string of the molecule is CC1(C)COC(=NC(C)(C)C(=O)O)C1.Cl. The van der Waals surface area contributed by atoms with Gasteiger partial charge in [-0.2, -0.15) is 0 Å². The van der Waals surface area contributed by atoms with E-state index < -0.39 is 11.5 Å². The molecule has 0 atom stereocenters. The van der Waals surface area contributed by atoms with Gasteiger partial charge in [0.25, 0.3) is 0 Å². The Morgan fingerprint density at radius 2 is 2.07 bits per heavy atom. The van der Waals surface area contributed by atoms with Crippen molar-refractivity contribution in [3.05, 3.63) is 0 Å². The summed E-state index contributed by atoms with van der Waals surface area (Å²) in [6, 6.07) is 0. The zero-order valence-corrected chi connectivity index (χ0v) is 10.3. The summed E-state index contributed by atoms with van der Waals surface area (Å²) in [5.41, 5.74) is -1.01. The number of carboxylic acids is 1. The molecule has 0 amide bonds. The van der Waals surface area contributed by atoms with Crippen LogP contribution in [-0.2, 0) is 9.53 Å². The van der Waals surface area contributed by atoms with Gasteiger partial charge in [-0.15, -0.1) is 12.4 Å². The fraction of sp³-hybridized carbons (Fsp3) is 0.800. The average Bonchev–Trinajstić information content (AvgIpc) is 2.28. The Kier molecular flexibility index (Phi) is 4.17. The minimum Gasteiger partial charge on any atom is -0.480 e. The number of aliphatic carboxylic acids is 1. The number of hydrogen-bond donors (Lipinski definition) is 1. The maximum absolute atomic E-state index is 10.8. The van der Waals surface area contributed by atoms with Crippen molar-refractivity contribution in [1.29, 1.82) is 0 Å². The first-order chi connectivity index (χ1) is 6.23. The Morgan fingerprint density at radius 1 is 1.53 bits per heavy atom. The van der Waals surface area contributed by atoms with Crippen LogP contribution in [-0.4, -0.2) is 29.1 Å². The molecule has 0 radical (unpaired) electrons. The predicted molar refractivity (Wildman–Crippen MR) is 60.7 cm³/mol. The zero-order valence-electron chi connectivity index (χ0n) is 9.53. The summed E-state index contributed by atoms with van der Waals surface area (Å²) in [5.74, 6) is -0.374. The molecule has 0 unspecified atom stereocenters. The van der Waals surface area contributed by atoms with Crippen LogP contribution in [0.4, 0.5) is 0 Å². The third kappa shape index (κ3) is 3.70. The Hall–Kier alpha value is -0.770. The molecular formula is C10H18ClNO3. The van der Waals surface area contributed by atoms with Crippen LogP contribution in [0.1, 0.15) is 34.1 Å². The first-order valence-electron chi connectivity index (χ1n) is 4.68. The molecule has 1 saturated heterocycles. The van der Waals surface area contributed by atoms with E-state index in [0.717, 1.165) is 0 Å². The monoisotopic (exact) mass is 235 g/mol. The van der Waals surface area contributed by atoms with E-state index in [1.807, 2.05) is 0 Å². The smallest absolute Gasteiger partial charge is 0.331 e.